The number of benzene rings is 2. The van der Waals surface area contributed by atoms with Gasteiger partial charge in [-0.3, -0.25) is 9.59 Å². The van der Waals surface area contributed by atoms with E-state index in [1.165, 1.54) is 0 Å². The van der Waals surface area contributed by atoms with Crippen molar-refractivity contribution in [3.05, 3.63) is 65.5 Å². The van der Waals surface area contributed by atoms with E-state index >= 15 is 0 Å². The minimum atomic E-state index is -0.517. The molecule has 0 aliphatic heterocycles. The van der Waals surface area contributed by atoms with Gasteiger partial charge in [-0.2, -0.15) is 0 Å². The summed E-state index contributed by atoms with van der Waals surface area (Å²) in [5, 5.41) is 0. The first-order valence-electron chi connectivity index (χ1n) is 7.81. The van der Waals surface area contributed by atoms with Crippen LogP contribution in [0.25, 0.3) is 11.0 Å². The molecular formula is C19H16N2O2. The number of Topliss-reactive ketones (excluding diaryl/α,β-unsaturated/α-hetero) is 2. The fourth-order valence-electron chi connectivity index (χ4n) is 3.24. The number of fused-ring (bicyclic) bond motifs is 2. The van der Waals surface area contributed by atoms with Crippen molar-refractivity contribution in [1.29, 1.82) is 0 Å². The first-order chi connectivity index (χ1) is 11.2. The molecule has 1 aromatic heterocycles. The number of rotatable bonds is 4. The number of hydrogen-bond donors (Lipinski definition) is 1. The Morgan fingerprint density at radius 3 is 2.74 bits per heavy atom. The van der Waals surface area contributed by atoms with E-state index in [0.717, 1.165) is 22.4 Å². The van der Waals surface area contributed by atoms with Gasteiger partial charge in [-0.25, -0.2) is 4.98 Å². The maximum atomic E-state index is 12.5. The second-order valence-electron chi connectivity index (χ2n) is 5.95. The summed E-state index contributed by atoms with van der Waals surface area (Å²) in [7, 11) is 0. The molecule has 0 saturated heterocycles. The maximum Gasteiger partial charge on any atom is 0.173 e. The van der Waals surface area contributed by atoms with Crippen molar-refractivity contribution < 1.29 is 9.59 Å². The van der Waals surface area contributed by atoms with Crippen molar-refractivity contribution >= 4 is 22.6 Å². The van der Waals surface area contributed by atoms with Gasteiger partial charge in [-0.1, -0.05) is 36.4 Å². The highest BCUT2D eigenvalue weighted by atomic mass is 16.2. The number of carbonyl (C=O) groups is 2. The summed E-state index contributed by atoms with van der Waals surface area (Å²) in [5.41, 5.74) is 3.56. The minimum absolute atomic E-state index is 0.00616. The van der Waals surface area contributed by atoms with Crippen LogP contribution in [0.1, 0.15) is 28.2 Å². The summed E-state index contributed by atoms with van der Waals surface area (Å²) < 4.78 is 0. The van der Waals surface area contributed by atoms with Crippen LogP contribution in [0.2, 0.25) is 0 Å². The third-order valence-corrected chi connectivity index (χ3v) is 4.46. The van der Waals surface area contributed by atoms with E-state index in [0.29, 0.717) is 24.8 Å². The fourth-order valence-corrected chi connectivity index (χ4v) is 3.24. The summed E-state index contributed by atoms with van der Waals surface area (Å²) >= 11 is 0. The highest BCUT2D eigenvalue weighted by Crippen LogP contribution is 2.28. The Hall–Kier alpha value is -2.75. The van der Waals surface area contributed by atoms with E-state index in [-0.39, 0.29) is 11.6 Å². The van der Waals surface area contributed by atoms with Gasteiger partial charge in [0.15, 0.2) is 5.78 Å². The van der Waals surface area contributed by atoms with Crippen LogP contribution in [0.3, 0.4) is 0 Å². The summed E-state index contributed by atoms with van der Waals surface area (Å²) in [6, 6.07) is 15.3. The van der Waals surface area contributed by atoms with E-state index in [4.69, 9.17) is 0 Å². The zero-order chi connectivity index (χ0) is 15.8. The van der Waals surface area contributed by atoms with Gasteiger partial charge in [-0.05, 0) is 24.1 Å². The van der Waals surface area contributed by atoms with Crippen LogP contribution in [0, 0.1) is 5.92 Å². The van der Waals surface area contributed by atoms with E-state index in [2.05, 4.69) is 9.97 Å². The number of aromatic nitrogens is 2. The first kappa shape index (κ1) is 13.9. The predicted octanol–water partition coefficient (Wildman–Crippen LogP) is 3.12. The molecule has 0 amide bonds. The van der Waals surface area contributed by atoms with Crippen molar-refractivity contribution in [3.8, 4) is 0 Å². The lowest BCUT2D eigenvalue weighted by molar-refractivity contribution is -0.121. The highest BCUT2D eigenvalue weighted by Gasteiger charge is 2.34. The number of nitrogens with zero attached hydrogens (tertiary/aromatic N) is 1. The monoisotopic (exact) mass is 304 g/mol. The van der Waals surface area contributed by atoms with Crippen molar-refractivity contribution in [2.24, 2.45) is 5.92 Å². The molecular weight excluding hydrogens is 288 g/mol. The third-order valence-electron chi connectivity index (χ3n) is 4.46. The number of H-pyrrole nitrogens is 1. The van der Waals surface area contributed by atoms with Crippen LogP contribution in [0.15, 0.2) is 48.5 Å². The maximum absolute atomic E-state index is 12.5. The lowest BCUT2D eigenvalue weighted by atomic mass is 9.96. The van der Waals surface area contributed by atoms with E-state index in [1.54, 1.807) is 0 Å². The quantitative estimate of drug-likeness (QED) is 0.753. The van der Waals surface area contributed by atoms with Crippen LogP contribution >= 0.6 is 0 Å². The Kier molecular flexibility index (Phi) is 3.30. The van der Waals surface area contributed by atoms with Gasteiger partial charge in [-0.15, -0.1) is 0 Å². The summed E-state index contributed by atoms with van der Waals surface area (Å²) in [4.78, 5) is 32.5. The second kappa shape index (κ2) is 5.47. The Balaban J connectivity index is 1.46. The molecule has 2 aromatic carbocycles. The minimum Gasteiger partial charge on any atom is -0.342 e. The van der Waals surface area contributed by atoms with Crippen molar-refractivity contribution in [3.63, 3.8) is 0 Å². The molecule has 4 heteroatoms. The molecule has 114 valence electrons. The van der Waals surface area contributed by atoms with Crippen molar-refractivity contribution in [2.75, 3.05) is 0 Å². The molecule has 0 radical (unpaired) electrons. The molecule has 4 nitrogen and oxygen atoms in total. The summed E-state index contributed by atoms with van der Waals surface area (Å²) in [6.07, 6.45) is 1.41. The van der Waals surface area contributed by atoms with Gasteiger partial charge in [0.05, 0.1) is 17.0 Å². The largest absolute Gasteiger partial charge is 0.342 e. The Labute approximate surface area is 133 Å². The number of para-hydroxylation sites is 2. The highest BCUT2D eigenvalue weighted by molar-refractivity contribution is 6.14. The number of hydrogen-bond acceptors (Lipinski definition) is 3. The van der Waals surface area contributed by atoms with Crippen LogP contribution < -0.4 is 0 Å². The number of imidazole rings is 1. The van der Waals surface area contributed by atoms with Gasteiger partial charge in [0.1, 0.15) is 11.6 Å². The number of nitrogens with one attached hydrogen (secondary N) is 1. The molecule has 23 heavy (non-hydrogen) atoms. The number of aryl methyl sites for hydroxylation is 1. The Morgan fingerprint density at radius 1 is 1.13 bits per heavy atom. The SMILES string of the molecule is O=C(CCc1nc2ccccc2[nH]1)C1Cc2ccccc2C1=O. The van der Waals surface area contributed by atoms with E-state index in [9.17, 15) is 9.59 Å². The van der Waals surface area contributed by atoms with Gasteiger partial charge < -0.3 is 4.98 Å². The molecule has 3 aromatic rings. The molecule has 1 N–H and O–H groups in total. The normalized spacial score (nSPS) is 16.7. The molecule has 1 aliphatic rings. The van der Waals surface area contributed by atoms with Crippen LogP contribution in [-0.4, -0.2) is 21.5 Å². The zero-order valence-corrected chi connectivity index (χ0v) is 12.6. The number of carbonyl (C=O) groups excluding carboxylic acids is 2. The van der Waals surface area contributed by atoms with Gasteiger partial charge in [0.2, 0.25) is 0 Å². The van der Waals surface area contributed by atoms with Gasteiger partial charge in [0, 0.05) is 18.4 Å². The lowest BCUT2D eigenvalue weighted by Crippen LogP contribution is -2.21. The zero-order valence-electron chi connectivity index (χ0n) is 12.6. The molecule has 1 heterocycles. The summed E-state index contributed by atoms with van der Waals surface area (Å²) in [6.45, 7) is 0. The topological polar surface area (TPSA) is 62.8 Å². The fraction of sp³-hybridized carbons (Fsp3) is 0.211. The number of ketones is 2. The van der Waals surface area contributed by atoms with Crippen molar-refractivity contribution in [2.45, 2.75) is 19.3 Å². The summed E-state index contributed by atoms with van der Waals surface area (Å²) in [5.74, 6) is 0.251. The Morgan fingerprint density at radius 2 is 1.91 bits per heavy atom. The molecule has 1 atom stereocenters. The predicted molar refractivity (Wildman–Crippen MR) is 87.4 cm³/mol. The van der Waals surface area contributed by atoms with Crippen LogP contribution in [0.5, 0.6) is 0 Å². The molecule has 4 rings (SSSR count). The molecule has 1 unspecified atom stereocenters. The lowest BCUT2D eigenvalue weighted by Gasteiger charge is -2.05. The average molecular weight is 304 g/mol. The standard InChI is InChI=1S/C19H16N2O2/c22-17(14-11-12-5-1-2-6-13(12)19(14)23)9-10-18-20-15-7-3-4-8-16(15)21-18/h1-8,14H,9-11H2,(H,20,21). The van der Waals surface area contributed by atoms with E-state index in [1.807, 2.05) is 48.5 Å². The smallest absolute Gasteiger partial charge is 0.173 e. The molecule has 1 aliphatic carbocycles. The third kappa shape index (κ3) is 2.46. The van der Waals surface area contributed by atoms with Gasteiger partial charge >= 0.3 is 0 Å². The first-order valence-corrected chi connectivity index (χ1v) is 7.81. The second-order valence-corrected chi connectivity index (χ2v) is 5.95. The van der Waals surface area contributed by atoms with E-state index < -0.39 is 5.92 Å². The molecule has 0 saturated carbocycles. The Bertz CT molecular complexity index is 877. The molecule has 0 fully saturated rings. The van der Waals surface area contributed by atoms with Crippen LogP contribution in [-0.2, 0) is 17.6 Å². The molecule has 0 bridgehead atoms. The average Bonchev–Trinajstić information content (AvgIpc) is 3.14. The number of aromatic amines is 1. The van der Waals surface area contributed by atoms with Gasteiger partial charge in [0.25, 0.3) is 0 Å². The van der Waals surface area contributed by atoms with Crippen LogP contribution in [0.4, 0.5) is 0 Å². The molecule has 0 spiro atoms. The van der Waals surface area contributed by atoms with Crippen molar-refractivity contribution in [1.82, 2.24) is 9.97 Å².